The molecule has 2 aromatic carbocycles. The maximum absolute atomic E-state index is 13.2. The van der Waals surface area contributed by atoms with E-state index in [1.54, 1.807) is 0 Å². The standard InChI is InChI=1S/C22H26N2O3/c25-18-14-17(15-18)21(16-6-2-1-3-7-16)23-22(26)19-8-4-5-9-20(19)24-10-12-27-13-11-24/h1-9,17-18,21,25H,10-15H2,(H,23,26)/t17?,18?,21-/m0/s1. The molecule has 2 N–H and O–H groups in total. The van der Waals surface area contributed by atoms with E-state index in [-0.39, 0.29) is 24.0 Å². The molecule has 2 aliphatic rings. The lowest BCUT2D eigenvalue weighted by Gasteiger charge is -2.38. The number of nitrogens with one attached hydrogen (secondary N) is 1. The average Bonchev–Trinajstić information content (AvgIpc) is 2.71. The number of carbonyl (C=O) groups excluding carboxylic acids is 1. The third-order valence-corrected chi connectivity index (χ3v) is 5.57. The summed E-state index contributed by atoms with van der Waals surface area (Å²) >= 11 is 0. The van der Waals surface area contributed by atoms with E-state index in [0.29, 0.717) is 18.8 Å². The molecule has 0 bridgehead atoms. The van der Waals surface area contributed by atoms with Crippen molar-refractivity contribution in [2.45, 2.75) is 25.0 Å². The molecule has 1 saturated carbocycles. The smallest absolute Gasteiger partial charge is 0.253 e. The highest BCUT2D eigenvalue weighted by atomic mass is 16.5. The van der Waals surface area contributed by atoms with Gasteiger partial charge < -0.3 is 20.1 Å². The summed E-state index contributed by atoms with van der Waals surface area (Å²) in [6.45, 7) is 2.95. The minimum absolute atomic E-state index is 0.0627. The Bertz CT molecular complexity index is 768. The highest BCUT2D eigenvalue weighted by Crippen LogP contribution is 2.38. The third-order valence-electron chi connectivity index (χ3n) is 5.57. The largest absolute Gasteiger partial charge is 0.393 e. The summed E-state index contributed by atoms with van der Waals surface area (Å²) in [7, 11) is 0. The van der Waals surface area contributed by atoms with Crippen LogP contribution in [0.2, 0.25) is 0 Å². The molecular formula is C22H26N2O3. The molecule has 0 spiro atoms. The van der Waals surface area contributed by atoms with Crippen LogP contribution in [0.5, 0.6) is 0 Å². The number of hydrogen-bond acceptors (Lipinski definition) is 4. The number of ether oxygens (including phenoxy) is 1. The predicted octanol–water partition coefficient (Wildman–Crippen LogP) is 2.77. The van der Waals surface area contributed by atoms with Gasteiger partial charge >= 0.3 is 0 Å². The number of anilines is 1. The zero-order chi connectivity index (χ0) is 18.6. The number of amides is 1. The van der Waals surface area contributed by atoms with Crippen molar-refractivity contribution in [1.29, 1.82) is 0 Å². The summed E-state index contributed by atoms with van der Waals surface area (Å²) in [6.07, 6.45) is 1.20. The average molecular weight is 366 g/mol. The van der Waals surface area contributed by atoms with Gasteiger partial charge in [-0.3, -0.25) is 4.79 Å². The zero-order valence-electron chi connectivity index (χ0n) is 15.4. The number of hydrogen-bond donors (Lipinski definition) is 2. The van der Waals surface area contributed by atoms with Crippen LogP contribution in [0, 0.1) is 5.92 Å². The summed E-state index contributed by atoms with van der Waals surface area (Å²) in [5.41, 5.74) is 2.74. The van der Waals surface area contributed by atoms with Gasteiger partial charge in [0.1, 0.15) is 0 Å². The first-order valence-corrected chi connectivity index (χ1v) is 9.68. The fourth-order valence-corrected chi connectivity index (χ4v) is 4.00. The van der Waals surface area contributed by atoms with Crippen molar-refractivity contribution in [2.24, 2.45) is 5.92 Å². The molecule has 0 aromatic heterocycles. The first-order chi connectivity index (χ1) is 13.2. The Labute approximate surface area is 160 Å². The Morgan fingerprint density at radius 1 is 1.04 bits per heavy atom. The van der Waals surface area contributed by atoms with E-state index in [1.807, 2.05) is 54.6 Å². The molecule has 27 heavy (non-hydrogen) atoms. The number of morpholine rings is 1. The molecule has 0 radical (unpaired) electrons. The highest BCUT2D eigenvalue weighted by molar-refractivity contribution is 6.00. The Hall–Kier alpha value is -2.37. The summed E-state index contributed by atoms with van der Waals surface area (Å²) in [4.78, 5) is 15.4. The van der Waals surface area contributed by atoms with Gasteiger partial charge in [0.2, 0.25) is 0 Å². The summed E-state index contributed by atoms with van der Waals surface area (Å²) in [5.74, 6) is 0.203. The van der Waals surface area contributed by atoms with E-state index >= 15 is 0 Å². The van der Waals surface area contributed by atoms with Crippen LogP contribution >= 0.6 is 0 Å². The molecule has 5 heteroatoms. The van der Waals surface area contributed by atoms with Crippen LogP contribution in [-0.4, -0.2) is 43.4 Å². The molecule has 2 aromatic rings. The minimum atomic E-state index is -0.251. The van der Waals surface area contributed by atoms with Gasteiger partial charge in [0.25, 0.3) is 5.91 Å². The second-order valence-corrected chi connectivity index (χ2v) is 7.36. The Kier molecular flexibility index (Phi) is 5.41. The molecule has 0 unspecified atom stereocenters. The van der Waals surface area contributed by atoms with Crippen molar-refractivity contribution in [3.8, 4) is 0 Å². The number of para-hydroxylation sites is 1. The first kappa shape index (κ1) is 18.0. The van der Waals surface area contributed by atoms with Crippen molar-refractivity contribution < 1.29 is 14.6 Å². The van der Waals surface area contributed by atoms with Crippen LogP contribution in [0.4, 0.5) is 5.69 Å². The van der Waals surface area contributed by atoms with Gasteiger partial charge in [-0.1, -0.05) is 42.5 Å². The van der Waals surface area contributed by atoms with Crippen molar-refractivity contribution >= 4 is 11.6 Å². The Morgan fingerprint density at radius 3 is 2.41 bits per heavy atom. The second kappa shape index (κ2) is 8.11. The van der Waals surface area contributed by atoms with Crippen LogP contribution in [0.3, 0.4) is 0 Å². The molecule has 1 amide bonds. The molecular weight excluding hydrogens is 340 g/mol. The third kappa shape index (κ3) is 3.99. The predicted molar refractivity (Wildman–Crippen MR) is 105 cm³/mol. The number of rotatable bonds is 5. The van der Waals surface area contributed by atoms with E-state index < -0.39 is 0 Å². The van der Waals surface area contributed by atoms with E-state index in [1.165, 1.54) is 0 Å². The molecule has 5 nitrogen and oxygen atoms in total. The van der Waals surface area contributed by atoms with Gasteiger partial charge in [0.05, 0.1) is 30.9 Å². The van der Waals surface area contributed by atoms with Gasteiger partial charge in [-0.05, 0) is 36.5 Å². The Balaban J connectivity index is 1.56. The van der Waals surface area contributed by atoms with Crippen molar-refractivity contribution in [3.63, 3.8) is 0 Å². The van der Waals surface area contributed by atoms with Crippen molar-refractivity contribution in [2.75, 3.05) is 31.2 Å². The topological polar surface area (TPSA) is 61.8 Å². The fourth-order valence-electron chi connectivity index (χ4n) is 4.00. The Morgan fingerprint density at radius 2 is 1.70 bits per heavy atom. The van der Waals surface area contributed by atoms with Crippen molar-refractivity contribution in [3.05, 3.63) is 65.7 Å². The number of carbonyl (C=O) groups is 1. The lowest BCUT2D eigenvalue weighted by molar-refractivity contribution is 0.0235. The zero-order valence-corrected chi connectivity index (χ0v) is 15.4. The monoisotopic (exact) mass is 366 g/mol. The maximum Gasteiger partial charge on any atom is 0.253 e. The van der Waals surface area contributed by atoms with E-state index in [0.717, 1.165) is 37.2 Å². The van der Waals surface area contributed by atoms with Gasteiger partial charge in [-0.25, -0.2) is 0 Å². The van der Waals surface area contributed by atoms with Gasteiger partial charge in [-0.2, -0.15) is 0 Å². The molecule has 142 valence electrons. The normalized spacial score (nSPS) is 23.4. The van der Waals surface area contributed by atoms with Crippen LogP contribution in [0.1, 0.15) is 34.8 Å². The highest BCUT2D eigenvalue weighted by Gasteiger charge is 2.36. The quantitative estimate of drug-likeness (QED) is 0.854. The van der Waals surface area contributed by atoms with E-state index in [9.17, 15) is 9.90 Å². The van der Waals surface area contributed by atoms with E-state index in [2.05, 4.69) is 10.2 Å². The lowest BCUT2D eigenvalue weighted by Crippen LogP contribution is -2.42. The van der Waals surface area contributed by atoms with Crippen molar-refractivity contribution in [1.82, 2.24) is 5.32 Å². The fraction of sp³-hybridized carbons (Fsp3) is 0.409. The molecule has 1 aliphatic carbocycles. The van der Waals surface area contributed by atoms with Gasteiger partial charge in [0, 0.05) is 18.8 Å². The SMILES string of the molecule is O=C(N[C@@H](c1ccccc1)C1CC(O)C1)c1ccccc1N1CCOCC1. The number of nitrogens with zero attached hydrogens (tertiary/aromatic N) is 1. The molecule has 1 aliphatic heterocycles. The maximum atomic E-state index is 13.2. The minimum Gasteiger partial charge on any atom is -0.393 e. The lowest BCUT2D eigenvalue weighted by atomic mass is 9.75. The number of benzene rings is 2. The van der Waals surface area contributed by atoms with Crippen LogP contribution in [-0.2, 0) is 4.74 Å². The van der Waals surface area contributed by atoms with Crippen LogP contribution in [0.25, 0.3) is 0 Å². The van der Waals surface area contributed by atoms with Gasteiger partial charge in [0.15, 0.2) is 0 Å². The summed E-state index contributed by atoms with van der Waals surface area (Å²) in [6, 6.07) is 17.7. The molecule has 4 rings (SSSR count). The van der Waals surface area contributed by atoms with Gasteiger partial charge in [-0.15, -0.1) is 0 Å². The number of aliphatic hydroxyl groups excluding tert-OH is 1. The summed E-state index contributed by atoms with van der Waals surface area (Å²) < 4.78 is 5.44. The van der Waals surface area contributed by atoms with Crippen LogP contribution < -0.4 is 10.2 Å². The molecule has 1 heterocycles. The number of aliphatic hydroxyl groups is 1. The van der Waals surface area contributed by atoms with E-state index in [4.69, 9.17) is 4.74 Å². The molecule has 2 fully saturated rings. The second-order valence-electron chi connectivity index (χ2n) is 7.36. The first-order valence-electron chi connectivity index (χ1n) is 9.68. The van der Waals surface area contributed by atoms with Crippen LogP contribution in [0.15, 0.2) is 54.6 Å². The molecule has 1 saturated heterocycles. The summed E-state index contributed by atoms with van der Waals surface area (Å²) in [5, 5.41) is 13.0. The molecule has 1 atom stereocenters.